The van der Waals surface area contributed by atoms with Gasteiger partial charge in [0, 0.05) is 19.5 Å². The number of aryl methyl sites for hydroxylation is 1. The van der Waals surface area contributed by atoms with Crippen LogP contribution < -0.4 is 10.1 Å². The Bertz CT molecular complexity index is 1310. The van der Waals surface area contributed by atoms with Crippen LogP contribution in [-0.2, 0) is 29.1 Å². The summed E-state index contributed by atoms with van der Waals surface area (Å²) in [6.45, 7) is 2.24. The van der Waals surface area contributed by atoms with Crippen LogP contribution in [0.4, 0.5) is 4.39 Å². The van der Waals surface area contributed by atoms with Crippen LogP contribution in [0.25, 0.3) is 0 Å². The van der Waals surface area contributed by atoms with E-state index in [4.69, 9.17) is 4.74 Å². The average Bonchev–Trinajstić information content (AvgIpc) is 2.95. The number of hydrogen-bond donors (Lipinski definition) is 1. The molecule has 5 nitrogen and oxygen atoms in total. The number of nitrogens with zero attached hydrogens (tertiary/aromatic N) is 1. The highest BCUT2D eigenvalue weighted by atomic mass is 19.1. The van der Waals surface area contributed by atoms with Crippen molar-refractivity contribution in [3.63, 3.8) is 0 Å². The van der Waals surface area contributed by atoms with Crippen molar-refractivity contribution in [1.82, 2.24) is 10.2 Å². The molecule has 0 aromatic heterocycles. The Hall–Kier alpha value is -4.45. The fourth-order valence-electron chi connectivity index (χ4n) is 4.10. The van der Waals surface area contributed by atoms with E-state index in [1.165, 1.54) is 17.0 Å². The minimum atomic E-state index is -0.806. The van der Waals surface area contributed by atoms with Gasteiger partial charge in [0.15, 0.2) is 6.61 Å². The number of carbonyl (C=O) groups excluding carboxylic acids is 2. The molecule has 1 N–H and O–H groups in total. The van der Waals surface area contributed by atoms with Crippen LogP contribution in [0.5, 0.6) is 5.75 Å². The average molecular weight is 511 g/mol. The second-order valence-corrected chi connectivity index (χ2v) is 9.16. The van der Waals surface area contributed by atoms with Gasteiger partial charge in [0.2, 0.25) is 5.91 Å². The van der Waals surface area contributed by atoms with Gasteiger partial charge in [-0.25, -0.2) is 4.39 Å². The molecular formula is C32H31FN2O3. The highest BCUT2D eigenvalue weighted by molar-refractivity contribution is 5.88. The number of nitrogens with one attached hydrogen (secondary N) is 1. The predicted molar refractivity (Wildman–Crippen MR) is 146 cm³/mol. The molecule has 0 spiro atoms. The molecule has 0 aliphatic carbocycles. The zero-order valence-electron chi connectivity index (χ0n) is 21.3. The van der Waals surface area contributed by atoms with E-state index in [-0.39, 0.29) is 30.8 Å². The van der Waals surface area contributed by atoms with Crippen molar-refractivity contribution in [1.29, 1.82) is 0 Å². The fraction of sp³-hybridized carbons (Fsp3) is 0.188. The van der Waals surface area contributed by atoms with Crippen LogP contribution in [0.2, 0.25) is 0 Å². The van der Waals surface area contributed by atoms with Gasteiger partial charge in [-0.15, -0.1) is 0 Å². The normalized spacial score (nSPS) is 11.4. The number of halogens is 1. The van der Waals surface area contributed by atoms with Crippen LogP contribution >= 0.6 is 0 Å². The monoisotopic (exact) mass is 510 g/mol. The lowest BCUT2D eigenvalue weighted by Crippen LogP contribution is -2.51. The van der Waals surface area contributed by atoms with E-state index in [1.807, 2.05) is 79.7 Å². The van der Waals surface area contributed by atoms with Crippen molar-refractivity contribution in [2.24, 2.45) is 0 Å². The number of carbonyl (C=O) groups is 2. The van der Waals surface area contributed by atoms with E-state index >= 15 is 0 Å². The molecule has 1 atom stereocenters. The number of ether oxygens (including phenoxy) is 1. The molecule has 0 radical (unpaired) electrons. The van der Waals surface area contributed by atoms with Gasteiger partial charge in [0.05, 0.1) is 0 Å². The van der Waals surface area contributed by atoms with Crippen LogP contribution in [0.15, 0.2) is 109 Å². The number of benzene rings is 4. The summed E-state index contributed by atoms with van der Waals surface area (Å²) >= 11 is 0. The first-order chi connectivity index (χ1) is 18.5. The minimum Gasteiger partial charge on any atom is -0.484 e. The molecule has 2 amide bonds. The summed E-state index contributed by atoms with van der Waals surface area (Å²) in [4.78, 5) is 28.8. The van der Waals surface area contributed by atoms with Crippen LogP contribution in [0, 0.1) is 12.7 Å². The van der Waals surface area contributed by atoms with Crippen LogP contribution in [0.3, 0.4) is 0 Å². The summed E-state index contributed by atoms with van der Waals surface area (Å²) in [6, 6.07) is 31.7. The Labute approximate surface area is 222 Å². The van der Waals surface area contributed by atoms with Crippen molar-refractivity contribution in [3.8, 4) is 5.75 Å². The molecule has 0 aliphatic rings. The topological polar surface area (TPSA) is 58.6 Å². The van der Waals surface area contributed by atoms with Gasteiger partial charge in [-0.1, -0.05) is 90.5 Å². The maximum atomic E-state index is 13.6. The van der Waals surface area contributed by atoms with Gasteiger partial charge < -0.3 is 15.0 Å². The highest BCUT2D eigenvalue weighted by Gasteiger charge is 2.30. The maximum absolute atomic E-state index is 13.6. The van der Waals surface area contributed by atoms with E-state index in [9.17, 15) is 14.0 Å². The summed E-state index contributed by atoms with van der Waals surface area (Å²) < 4.78 is 19.3. The highest BCUT2D eigenvalue weighted by Crippen LogP contribution is 2.17. The smallest absolute Gasteiger partial charge is 0.261 e. The largest absolute Gasteiger partial charge is 0.484 e. The standard InChI is InChI=1S/C32H31FN2O3/c1-24-12-14-26(15-13-24)21-34-32(37)30(20-25-8-4-2-5-9-25)35(22-27-16-18-28(33)19-17-27)31(36)23-38-29-10-6-3-7-11-29/h2-19,30H,20-23H2,1H3,(H,34,37)/t30-/m0/s1. The Morgan fingerprint density at radius 2 is 1.39 bits per heavy atom. The number of amides is 2. The summed E-state index contributed by atoms with van der Waals surface area (Å²) in [5.41, 5.74) is 3.73. The molecule has 194 valence electrons. The Kier molecular flexibility index (Phi) is 9.24. The summed E-state index contributed by atoms with van der Waals surface area (Å²) in [6.07, 6.45) is 0.318. The summed E-state index contributed by atoms with van der Waals surface area (Å²) in [7, 11) is 0. The first kappa shape index (κ1) is 26.6. The molecule has 0 unspecified atom stereocenters. The lowest BCUT2D eigenvalue weighted by atomic mass is 10.0. The molecule has 38 heavy (non-hydrogen) atoms. The maximum Gasteiger partial charge on any atom is 0.261 e. The zero-order valence-corrected chi connectivity index (χ0v) is 21.3. The van der Waals surface area contributed by atoms with Gasteiger partial charge in [0.25, 0.3) is 5.91 Å². The van der Waals surface area contributed by atoms with Crippen molar-refractivity contribution < 1.29 is 18.7 Å². The van der Waals surface area contributed by atoms with E-state index in [0.717, 1.165) is 16.7 Å². The molecule has 4 aromatic rings. The van der Waals surface area contributed by atoms with E-state index in [1.54, 1.807) is 24.3 Å². The summed E-state index contributed by atoms with van der Waals surface area (Å²) in [5.74, 6) is -0.420. The van der Waals surface area contributed by atoms with Gasteiger partial charge in [0.1, 0.15) is 17.6 Å². The number of rotatable bonds is 11. The van der Waals surface area contributed by atoms with E-state index < -0.39 is 6.04 Å². The minimum absolute atomic E-state index is 0.132. The quantitative estimate of drug-likeness (QED) is 0.291. The molecule has 0 heterocycles. The second-order valence-electron chi connectivity index (χ2n) is 9.16. The van der Waals surface area contributed by atoms with Gasteiger partial charge in [-0.3, -0.25) is 9.59 Å². The van der Waals surface area contributed by atoms with Crippen molar-refractivity contribution >= 4 is 11.8 Å². The third-order valence-corrected chi connectivity index (χ3v) is 6.23. The third kappa shape index (κ3) is 7.77. The Morgan fingerprint density at radius 1 is 0.789 bits per heavy atom. The molecule has 0 fully saturated rings. The van der Waals surface area contributed by atoms with Crippen LogP contribution in [-0.4, -0.2) is 29.4 Å². The fourth-order valence-corrected chi connectivity index (χ4v) is 4.10. The molecule has 0 saturated carbocycles. The first-order valence-electron chi connectivity index (χ1n) is 12.6. The predicted octanol–water partition coefficient (Wildman–Crippen LogP) is 5.47. The molecule has 0 bridgehead atoms. The number of para-hydroxylation sites is 1. The van der Waals surface area contributed by atoms with E-state index in [2.05, 4.69) is 5.32 Å². The third-order valence-electron chi connectivity index (χ3n) is 6.23. The molecule has 0 aliphatic heterocycles. The molecule has 6 heteroatoms. The Balaban J connectivity index is 1.60. The molecule has 0 saturated heterocycles. The van der Waals surface area contributed by atoms with Crippen LogP contribution in [0.1, 0.15) is 22.3 Å². The molecular weight excluding hydrogens is 479 g/mol. The van der Waals surface area contributed by atoms with Gasteiger partial charge in [-0.2, -0.15) is 0 Å². The molecule has 4 aromatic carbocycles. The van der Waals surface area contributed by atoms with Crippen molar-refractivity contribution in [2.75, 3.05) is 6.61 Å². The lowest BCUT2D eigenvalue weighted by Gasteiger charge is -2.31. The molecule has 4 rings (SSSR count). The van der Waals surface area contributed by atoms with Gasteiger partial charge >= 0.3 is 0 Å². The second kappa shape index (κ2) is 13.2. The zero-order chi connectivity index (χ0) is 26.7. The Morgan fingerprint density at radius 3 is 2.05 bits per heavy atom. The SMILES string of the molecule is Cc1ccc(CNC(=O)[C@H](Cc2ccccc2)N(Cc2ccc(F)cc2)C(=O)COc2ccccc2)cc1. The van der Waals surface area contributed by atoms with Crippen molar-refractivity contribution in [2.45, 2.75) is 32.5 Å². The van der Waals surface area contributed by atoms with Crippen molar-refractivity contribution in [3.05, 3.63) is 137 Å². The van der Waals surface area contributed by atoms with Gasteiger partial charge in [-0.05, 0) is 47.9 Å². The lowest BCUT2D eigenvalue weighted by molar-refractivity contribution is -0.142. The number of hydrogen-bond acceptors (Lipinski definition) is 3. The van der Waals surface area contributed by atoms with E-state index in [0.29, 0.717) is 24.3 Å². The first-order valence-corrected chi connectivity index (χ1v) is 12.6. The summed E-state index contributed by atoms with van der Waals surface area (Å²) in [5, 5.41) is 3.01.